The number of nitrogens with zero attached hydrogens (tertiary/aromatic N) is 4. The van der Waals surface area contributed by atoms with Crippen molar-refractivity contribution in [3.05, 3.63) is 54.1 Å². The van der Waals surface area contributed by atoms with Crippen LogP contribution in [0.4, 0.5) is 5.13 Å². The molecule has 0 aliphatic carbocycles. The predicted molar refractivity (Wildman–Crippen MR) is 154 cm³/mol. The van der Waals surface area contributed by atoms with Gasteiger partial charge in [0.2, 0.25) is 10.0 Å². The molecule has 9 heteroatoms. The molecule has 0 bridgehead atoms. The van der Waals surface area contributed by atoms with Crippen molar-refractivity contribution < 1.29 is 13.2 Å². The van der Waals surface area contributed by atoms with Crippen LogP contribution in [-0.4, -0.2) is 67.8 Å². The standard InChI is InChI=1S/C28H40N4O3S2/c1-7-30(8-2)17-18-32(28-29-25-11-9-10-12-26(25)36-28)27(33)23-13-15-24(16-14-23)37(34,35)31(19-21(3)4)20-22(5)6/h9-16,21-22H,7-8,17-20H2,1-6H3. The summed E-state index contributed by atoms with van der Waals surface area (Å²) in [5.74, 6) is 0.237. The molecular formula is C28H40N4O3S2. The Morgan fingerprint density at radius 1 is 0.892 bits per heavy atom. The summed E-state index contributed by atoms with van der Waals surface area (Å²) in [6.45, 7) is 16.2. The number of benzene rings is 2. The second kappa shape index (κ2) is 13.0. The Hall–Kier alpha value is -2.33. The molecule has 2 aromatic carbocycles. The molecule has 0 aliphatic rings. The molecule has 0 aliphatic heterocycles. The summed E-state index contributed by atoms with van der Waals surface area (Å²) in [6.07, 6.45) is 0. The van der Waals surface area contributed by atoms with E-state index in [9.17, 15) is 13.2 Å². The Labute approximate surface area is 226 Å². The third-order valence-corrected chi connectivity index (χ3v) is 9.07. The molecule has 0 atom stereocenters. The second-order valence-corrected chi connectivity index (χ2v) is 13.0. The Morgan fingerprint density at radius 3 is 2.03 bits per heavy atom. The topological polar surface area (TPSA) is 73.8 Å². The molecule has 0 unspecified atom stereocenters. The summed E-state index contributed by atoms with van der Waals surface area (Å²) in [4.78, 5) is 22.6. The summed E-state index contributed by atoms with van der Waals surface area (Å²) in [5, 5.41) is 0.648. The molecule has 3 aromatic rings. The lowest BCUT2D eigenvalue weighted by atomic mass is 10.2. The highest BCUT2D eigenvalue weighted by molar-refractivity contribution is 7.89. The number of amides is 1. The SMILES string of the molecule is CCN(CC)CCN(C(=O)c1ccc(S(=O)(=O)N(CC(C)C)CC(C)C)cc1)c1nc2ccccc2s1. The number of thiazole rings is 1. The first-order chi connectivity index (χ1) is 17.6. The van der Waals surface area contributed by atoms with E-state index < -0.39 is 10.0 Å². The molecule has 7 nitrogen and oxygen atoms in total. The van der Waals surface area contributed by atoms with Gasteiger partial charge < -0.3 is 4.90 Å². The van der Waals surface area contributed by atoms with Crippen molar-refractivity contribution in [2.45, 2.75) is 46.4 Å². The second-order valence-electron chi connectivity index (χ2n) is 10.1. The summed E-state index contributed by atoms with van der Waals surface area (Å²) in [6, 6.07) is 14.2. The number of hydrogen-bond donors (Lipinski definition) is 0. The van der Waals surface area contributed by atoms with E-state index in [1.807, 2.05) is 52.0 Å². The van der Waals surface area contributed by atoms with E-state index in [-0.39, 0.29) is 22.6 Å². The van der Waals surface area contributed by atoms with Crippen LogP contribution in [0.1, 0.15) is 51.9 Å². The Bertz CT molecular complexity index is 1220. The number of fused-ring (bicyclic) bond motifs is 1. The van der Waals surface area contributed by atoms with Crippen LogP contribution in [0.5, 0.6) is 0 Å². The van der Waals surface area contributed by atoms with Gasteiger partial charge in [0.1, 0.15) is 0 Å². The van der Waals surface area contributed by atoms with Gasteiger partial charge >= 0.3 is 0 Å². The smallest absolute Gasteiger partial charge is 0.260 e. The van der Waals surface area contributed by atoms with Crippen LogP contribution in [0, 0.1) is 11.8 Å². The first kappa shape index (κ1) is 29.2. The van der Waals surface area contributed by atoms with Gasteiger partial charge in [0.05, 0.1) is 15.1 Å². The number of hydrogen-bond acceptors (Lipinski definition) is 6. The fraction of sp³-hybridized carbons (Fsp3) is 0.500. The van der Waals surface area contributed by atoms with Gasteiger partial charge in [-0.05, 0) is 61.3 Å². The molecule has 1 amide bonds. The predicted octanol–water partition coefficient (Wildman–Crippen LogP) is 5.59. The van der Waals surface area contributed by atoms with Crippen LogP contribution in [0.25, 0.3) is 10.2 Å². The maximum Gasteiger partial charge on any atom is 0.260 e. The van der Waals surface area contributed by atoms with Gasteiger partial charge in [-0.25, -0.2) is 13.4 Å². The average molecular weight is 545 g/mol. The van der Waals surface area contributed by atoms with E-state index in [0.29, 0.717) is 30.3 Å². The van der Waals surface area contributed by atoms with E-state index >= 15 is 0 Å². The summed E-state index contributed by atoms with van der Waals surface area (Å²) in [5.41, 5.74) is 1.30. The molecule has 1 heterocycles. The molecule has 202 valence electrons. The summed E-state index contributed by atoms with van der Waals surface area (Å²) in [7, 11) is -3.66. The monoisotopic (exact) mass is 544 g/mol. The van der Waals surface area contributed by atoms with Gasteiger partial charge in [-0.1, -0.05) is 65.0 Å². The van der Waals surface area contributed by atoms with Crippen molar-refractivity contribution >= 4 is 42.6 Å². The molecule has 0 N–H and O–H groups in total. The number of anilines is 1. The largest absolute Gasteiger partial charge is 0.302 e. The van der Waals surface area contributed by atoms with Gasteiger partial charge in [-0.15, -0.1) is 0 Å². The summed E-state index contributed by atoms with van der Waals surface area (Å²) >= 11 is 1.49. The van der Waals surface area contributed by atoms with E-state index in [4.69, 9.17) is 4.98 Å². The lowest BCUT2D eigenvalue weighted by Gasteiger charge is -2.26. The van der Waals surface area contributed by atoms with Crippen LogP contribution in [-0.2, 0) is 10.0 Å². The zero-order chi connectivity index (χ0) is 27.2. The van der Waals surface area contributed by atoms with Crippen molar-refractivity contribution in [1.82, 2.24) is 14.2 Å². The Kier molecular flexibility index (Phi) is 10.2. The third kappa shape index (κ3) is 7.37. The highest BCUT2D eigenvalue weighted by Gasteiger charge is 2.27. The van der Waals surface area contributed by atoms with E-state index in [0.717, 1.165) is 29.9 Å². The number of carbonyl (C=O) groups is 1. The fourth-order valence-corrected chi connectivity index (χ4v) is 6.96. The number of carbonyl (C=O) groups excluding carboxylic acids is 1. The third-order valence-electron chi connectivity index (χ3n) is 6.17. The maximum absolute atomic E-state index is 13.7. The first-order valence-corrected chi connectivity index (χ1v) is 15.3. The van der Waals surface area contributed by atoms with Crippen molar-refractivity contribution in [3.8, 4) is 0 Å². The van der Waals surface area contributed by atoms with Gasteiger partial charge in [0.15, 0.2) is 5.13 Å². The highest BCUT2D eigenvalue weighted by atomic mass is 32.2. The molecule has 1 aromatic heterocycles. The lowest BCUT2D eigenvalue weighted by molar-refractivity contribution is 0.0983. The lowest BCUT2D eigenvalue weighted by Crippen LogP contribution is -2.39. The fourth-order valence-electron chi connectivity index (χ4n) is 4.20. The van der Waals surface area contributed by atoms with Crippen molar-refractivity contribution in [2.24, 2.45) is 11.8 Å². The molecular weight excluding hydrogens is 504 g/mol. The Balaban J connectivity index is 1.91. The van der Waals surface area contributed by atoms with Gasteiger partial charge in [0.25, 0.3) is 5.91 Å². The number of likely N-dealkylation sites (N-methyl/N-ethyl adjacent to an activating group) is 1. The van der Waals surface area contributed by atoms with E-state index in [1.54, 1.807) is 33.5 Å². The normalized spacial score (nSPS) is 12.4. The zero-order valence-corrected chi connectivity index (χ0v) is 24.5. The van der Waals surface area contributed by atoms with Gasteiger partial charge in [0, 0.05) is 31.7 Å². The van der Waals surface area contributed by atoms with Gasteiger partial charge in [-0.3, -0.25) is 9.69 Å². The van der Waals surface area contributed by atoms with Gasteiger partial charge in [-0.2, -0.15) is 4.31 Å². The minimum absolute atomic E-state index is 0.184. The minimum Gasteiger partial charge on any atom is -0.302 e. The molecule has 0 saturated carbocycles. The van der Waals surface area contributed by atoms with Crippen LogP contribution in [0.15, 0.2) is 53.4 Å². The maximum atomic E-state index is 13.7. The quantitative estimate of drug-likeness (QED) is 0.281. The molecule has 3 rings (SSSR count). The first-order valence-electron chi connectivity index (χ1n) is 13.1. The van der Waals surface area contributed by atoms with Crippen LogP contribution in [0.3, 0.4) is 0 Å². The highest BCUT2D eigenvalue weighted by Crippen LogP contribution is 2.30. The number of rotatable bonds is 13. The van der Waals surface area contributed by atoms with Crippen LogP contribution < -0.4 is 4.90 Å². The molecule has 0 fully saturated rings. The molecule has 0 saturated heterocycles. The Morgan fingerprint density at radius 2 is 1.49 bits per heavy atom. The van der Waals surface area contributed by atoms with Crippen molar-refractivity contribution in [1.29, 1.82) is 0 Å². The van der Waals surface area contributed by atoms with Crippen molar-refractivity contribution in [2.75, 3.05) is 44.2 Å². The average Bonchev–Trinajstić information content (AvgIpc) is 3.29. The number of aromatic nitrogens is 1. The zero-order valence-electron chi connectivity index (χ0n) is 22.8. The number of sulfonamides is 1. The van der Waals surface area contributed by atoms with E-state index in [2.05, 4.69) is 18.7 Å². The van der Waals surface area contributed by atoms with Crippen LogP contribution >= 0.6 is 11.3 Å². The number of para-hydroxylation sites is 1. The molecule has 37 heavy (non-hydrogen) atoms. The molecule has 0 spiro atoms. The van der Waals surface area contributed by atoms with Crippen LogP contribution in [0.2, 0.25) is 0 Å². The summed E-state index contributed by atoms with van der Waals surface area (Å²) < 4.78 is 29.4. The van der Waals surface area contributed by atoms with E-state index in [1.165, 1.54) is 11.3 Å². The minimum atomic E-state index is -3.66. The van der Waals surface area contributed by atoms with Crippen molar-refractivity contribution in [3.63, 3.8) is 0 Å². The molecule has 0 radical (unpaired) electrons.